The highest BCUT2D eigenvalue weighted by Crippen LogP contribution is 2.42. The summed E-state index contributed by atoms with van der Waals surface area (Å²) in [4.78, 5) is 5.19. The average Bonchev–Trinajstić information content (AvgIpc) is 3.80. The van der Waals surface area contributed by atoms with Gasteiger partial charge in [-0.1, -0.05) is 91.0 Å². The zero-order valence-electron chi connectivity index (χ0n) is 25.3. The molecule has 4 nitrogen and oxygen atoms in total. The highest BCUT2D eigenvalue weighted by atomic mass is 15.0. The minimum atomic E-state index is 0.993. The van der Waals surface area contributed by atoms with Crippen LogP contribution in [0, 0.1) is 0 Å². The molecular formula is C43H26N4. The molecule has 4 heterocycles. The van der Waals surface area contributed by atoms with E-state index in [0.29, 0.717) is 0 Å². The van der Waals surface area contributed by atoms with Crippen LogP contribution < -0.4 is 0 Å². The van der Waals surface area contributed by atoms with Gasteiger partial charge in [0.05, 0.1) is 38.6 Å². The van der Waals surface area contributed by atoms with Gasteiger partial charge < -0.3 is 9.13 Å². The van der Waals surface area contributed by atoms with E-state index < -0.39 is 0 Å². The van der Waals surface area contributed by atoms with Crippen LogP contribution in [-0.2, 0) is 0 Å². The SMILES string of the molecule is c1cc(-n2c3ccccc3c3ccccc32)cc(-n2c3ccccc3c3c4c5ccccc5n5c6ccccc6nc5c4ccc32)c1. The molecule has 4 aromatic heterocycles. The molecule has 0 unspecified atom stereocenters. The summed E-state index contributed by atoms with van der Waals surface area (Å²) in [7, 11) is 0. The third kappa shape index (κ3) is 3.23. The summed E-state index contributed by atoms with van der Waals surface area (Å²) in [5.41, 5.74) is 11.4. The summed E-state index contributed by atoms with van der Waals surface area (Å²) >= 11 is 0. The molecule has 0 amide bonds. The van der Waals surface area contributed by atoms with Crippen molar-refractivity contribution in [3.63, 3.8) is 0 Å². The number of hydrogen-bond acceptors (Lipinski definition) is 1. The Hall–Kier alpha value is -6.39. The van der Waals surface area contributed by atoms with E-state index in [0.717, 1.165) is 33.4 Å². The van der Waals surface area contributed by atoms with E-state index >= 15 is 0 Å². The lowest BCUT2D eigenvalue weighted by molar-refractivity contribution is 1.13. The van der Waals surface area contributed by atoms with E-state index in [4.69, 9.17) is 4.98 Å². The lowest BCUT2D eigenvalue weighted by Crippen LogP contribution is -1.98. The number of aromatic nitrogens is 4. The molecular weight excluding hydrogens is 573 g/mol. The van der Waals surface area contributed by atoms with Crippen molar-refractivity contribution in [1.29, 1.82) is 0 Å². The quantitative estimate of drug-likeness (QED) is 0.182. The zero-order chi connectivity index (χ0) is 30.6. The van der Waals surface area contributed by atoms with Crippen LogP contribution in [0.2, 0.25) is 0 Å². The van der Waals surface area contributed by atoms with Crippen molar-refractivity contribution in [2.45, 2.75) is 0 Å². The van der Waals surface area contributed by atoms with Crippen molar-refractivity contribution in [1.82, 2.24) is 18.5 Å². The van der Waals surface area contributed by atoms with Crippen LogP contribution in [0.5, 0.6) is 0 Å². The minimum absolute atomic E-state index is 0.993. The number of rotatable bonds is 2. The van der Waals surface area contributed by atoms with Gasteiger partial charge in [-0.05, 0) is 66.7 Å². The van der Waals surface area contributed by atoms with E-state index in [1.54, 1.807) is 0 Å². The standard InChI is InChI=1S/C43H26N4/c1-6-19-35-29(14-1)30-15-2-7-20-36(30)45(35)27-12-11-13-28(26-27)46-37-21-8-4-17-32(37)42-40(46)25-24-33-41(42)31-16-3-9-22-38(31)47-39-23-10-5-18-34(39)44-43(33)47/h1-26H. The molecule has 0 spiro atoms. The molecule has 0 saturated carbocycles. The minimum Gasteiger partial charge on any atom is -0.309 e. The normalized spacial score (nSPS) is 12.3. The summed E-state index contributed by atoms with van der Waals surface area (Å²) < 4.78 is 7.15. The summed E-state index contributed by atoms with van der Waals surface area (Å²) in [6.45, 7) is 0. The Balaban J connectivity index is 1.27. The molecule has 0 saturated heterocycles. The van der Waals surface area contributed by atoms with Crippen LogP contribution in [0.25, 0.3) is 93.3 Å². The molecule has 0 bridgehead atoms. The Labute approximate surface area is 268 Å². The Bertz CT molecular complexity index is 3030. The Morgan fingerprint density at radius 2 is 0.851 bits per heavy atom. The molecule has 0 aliphatic carbocycles. The molecule has 0 atom stereocenters. The first kappa shape index (κ1) is 24.9. The maximum Gasteiger partial charge on any atom is 0.146 e. The zero-order valence-corrected chi connectivity index (χ0v) is 25.3. The van der Waals surface area contributed by atoms with Gasteiger partial charge in [0.2, 0.25) is 0 Å². The number of nitrogens with zero attached hydrogens (tertiary/aromatic N) is 4. The van der Waals surface area contributed by atoms with Crippen molar-refractivity contribution in [3.05, 3.63) is 158 Å². The maximum atomic E-state index is 5.19. The summed E-state index contributed by atoms with van der Waals surface area (Å²) in [6.07, 6.45) is 0. The number of hydrogen-bond donors (Lipinski definition) is 0. The van der Waals surface area contributed by atoms with Crippen molar-refractivity contribution in [2.75, 3.05) is 0 Å². The van der Waals surface area contributed by atoms with Crippen molar-refractivity contribution < 1.29 is 0 Å². The predicted molar refractivity (Wildman–Crippen MR) is 196 cm³/mol. The van der Waals surface area contributed by atoms with E-state index in [1.807, 2.05) is 0 Å². The van der Waals surface area contributed by atoms with E-state index in [-0.39, 0.29) is 0 Å². The van der Waals surface area contributed by atoms with E-state index in [1.165, 1.54) is 59.9 Å². The highest BCUT2D eigenvalue weighted by Gasteiger charge is 2.21. The molecule has 7 aromatic carbocycles. The smallest absolute Gasteiger partial charge is 0.146 e. The van der Waals surface area contributed by atoms with E-state index in [2.05, 4.69) is 171 Å². The Morgan fingerprint density at radius 3 is 1.53 bits per heavy atom. The number of benzene rings is 7. The largest absolute Gasteiger partial charge is 0.309 e. The van der Waals surface area contributed by atoms with Crippen LogP contribution in [0.1, 0.15) is 0 Å². The molecule has 218 valence electrons. The molecule has 0 radical (unpaired) electrons. The predicted octanol–water partition coefficient (Wildman–Crippen LogP) is 11.0. The fraction of sp³-hybridized carbons (Fsp3) is 0. The summed E-state index contributed by atoms with van der Waals surface area (Å²) in [5, 5.41) is 8.66. The van der Waals surface area contributed by atoms with Gasteiger partial charge in [-0.15, -0.1) is 0 Å². The fourth-order valence-electron chi connectivity index (χ4n) is 8.11. The third-order valence-electron chi connectivity index (χ3n) is 9.98. The Kier molecular flexibility index (Phi) is 4.81. The molecule has 0 N–H and O–H groups in total. The Morgan fingerprint density at radius 1 is 0.340 bits per heavy atom. The second kappa shape index (κ2) is 9.09. The van der Waals surface area contributed by atoms with Crippen molar-refractivity contribution >= 4 is 82.0 Å². The van der Waals surface area contributed by atoms with Crippen LogP contribution in [-0.4, -0.2) is 18.5 Å². The van der Waals surface area contributed by atoms with E-state index in [9.17, 15) is 0 Å². The molecule has 0 aliphatic rings. The van der Waals surface area contributed by atoms with Crippen LogP contribution >= 0.6 is 0 Å². The molecule has 47 heavy (non-hydrogen) atoms. The second-order valence-electron chi connectivity index (χ2n) is 12.4. The van der Waals surface area contributed by atoms with Gasteiger partial charge in [0.15, 0.2) is 0 Å². The molecule has 4 heteroatoms. The third-order valence-corrected chi connectivity index (χ3v) is 9.98. The lowest BCUT2D eigenvalue weighted by atomic mass is 10.00. The van der Waals surface area contributed by atoms with Crippen molar-refractivity contribution in [2.24, 2.45) is 0 Å². The van der Waals surface area contributed by atoms with Gasteiger partial charge in [-0.25, -0.2) is 4.98 Å². The second-order valence-corrected chi connectivity index (χ2v) is 12.4. The first-order valence-corrected chi connectivity index (χ1v) is 16.1. The highest BCUT2D eigenvalue weighted by molar-refractivity contribution is 6.30. The molecule has 0 fully saturated rings. The van der Waals surface area contributed by atoms with Gasteiger partial charge >= 0.3 is 0 Å². The summed E-state index contributed by atoms with van der Waals surface area (Å²) in [5.74, 6) is 0. The van der Waals surface area contributed by atoms with Crippen molar-refractivity contribution in [3.8, 4) is 11.4 Å². The van der Waals surface area contributed by atoms with Gasteiger partial charge in [0, 0.05) is 49.1 Å². The first-order valence-electron chi connectivity index (χ1n) is 16.1. The van der Waals surface area contributed by atoms with Crippen LogP contribution in [0.15, 0.2) is 158 Å². The number of para-hydroxylation sites is 6. The van der Waals surface area contributed by atoms with Crippen LogP contribution in [0.4, 0.5) is 0 Å². The number of pyridine rings is 1. The summed E-state index contributed by atoms with van der Waals surface area (Å²) in [6, 6.07) is 57.0. The monoisotopic (exact) mass is 598 g/mol. The number of imidazole rings is 1. The molecule has 11 aromatic rings. The average molecular weight is 599 g/mol. The van der Waals surface area contributed by atoms with Gasteiger partial charge in [0.1, 0.15) is 5.65 Å². The molecule has 11 rings (SSSR count). The fourth-order valence-corrected chi connectivity index (χ4v) is 8.11. The topological polar surface area (TPSA) is 27.2 Å². The van der Waals surface area contributed by atoms with Gasteiger partial charge in [0.25, 0.3) is 0 Å². The van der Waals surface area contributed by atoms with Gasteiger partial charge in [-0.2, -0.15) is 0 Å². The number of fused-ring (bicyclic) bond motifs is 15. The van der Waals surface area contributed by atoms with Gasteiger partial charge in [-0.3, -0.25) is 4.40 Å². The first-order chi connectivity index (χ1) is 23.3. The lowest BCUT2D eigenvalue weighted by Gasteiger charge is -2.13. The van der Waals surface area contributed by atoms with Crippen LogP contribution in [0.3, 0.4) is 0 Å². The molecule has 0 aliphatic heterocycles. The maximum absolute atomic E-state index is 5.19.